The highest BCUT2D eigenvalue weighted by atomic mass is 32.1. The summed E-state index contributed by atoms with van der Waals surface area (Å²) in [4.78, 5) is 31.6. The molecule has 0 radical (unpaired) electrons. The maximum atomic E-state index is 13.1. The maximum absolute atomic E-state index is 13.1. The first-order valence-corrected chi connectivity index (χ1v) is 10.7. The molecular formula is C21H24N4O4S. The van der Waals surface area contributed by atoms with Gasteiger partial charge in [0.1, 0.15) is 0 Å². The Kier molecular flexibility index (Phi) is 5.48. The molecule has 8 nitrogen and oxygen atoms in total. The van der Waals surface area contributed by atoms with E-state index in [2.05, 4.69) is 10.2 Å². The Morgan fingerprint density at radius 1 is 1.30 bits per heavy atom. The van der Waals surface area contributed by atoms with Crippen molar-refractivity contribution < 1.29 is 14.6 Å². The van der Waals surface area contributed by atoms with Crippen LogP contribution in [0.5, 0.6) is 0 Å². The van der Waals surface area contributed by atoms with Gasteiger partial charge >= 0.3 is 5.97 Å². The third-order valence-electron chi connectivity index (χ3n) is 5.36. The molecule has 0 aliphatic carbocycles. The summed E-state index contributed by atoms with van der Waals surface area (Å²) in [6.45, 7) is 6.45. The lowest BCUT2D eigenvalue weighted by Crippen LogP contribution is -2.40. The number of fused-ring (bicyclic) bond motifs is 1. The van der Waals surface area contributed by atoms with Crippen molar-refractivity contribution in [1.29, 1.82) is 0 Å². The number of aromatic carboxylic acids is 1. The van der Waals surface area contributed by atoms with E-state index in [9.17, 15) is 14.7 Å². The van der Waals surface area contributed by atoms with Gasteiger partial charge < -0.3 is 20.1 Å². The quantitative estimate of drug-likeness (QED) is 0.645. The minimum atomic E-state index is -0.971. The maximum Gasteiger partial charge on any atom is 0.338 e. The molecule has 2 N–H and O–H groups in total. The molecule has 0 amide bonds. The summed E-state index contributed by atoms with van der Waals surface area (Å²) in [6.07, 6.45) is 0. The van der Waals surface area contributed by atoms with Gasteiger partial charge in [0.25, 0.3) is 5.56 Å². The molecule has 0 spiro atoms. The molecule has 4 rings (SSSR count). The number of nitrogens with one attached hydrogen (secondary N) is 1. The van der Waals surface area contributed by atoms with Crippen LogP contribution in [0, 0.1) is 6.92 Å². The summed E-state index contributed by atoms with van der Waals surface area (Å²) in [7, 11) is 1.74. The Hall–Kier alpha value is -2.91. The summed E-state index contributed by atoms with van der Waals surface area (Å²) in [5.41, 5.74) is 3.15. The van der Waals surface area contributed by atoms with Crippen LogP contribution < -0.4 is 15.8 Å². The van der Waals surface area contributed by atoms with Crippen molar-refractivity contribution in [2.24, 2.45) is 7.05 Å². The largest absolute Gasteiger partial charge is 0.478 e. The summed E-state index contributed by atoms with van der Waals surface area (Å²) in [5.74, 6) is -0.350. The van der Waals surface area contributed by atoms with Gasteiger partial charge in [0.15, 0.2) is 0 Å². The van der Waals surface area contributed by atoms with E-state index in [1.54, 1.807) is 22.4 Å². The third-order valence-corrected chi connectivity index (χ3v) is 6.10. The molecule has 1 atom stereocenters. The van der Waals surface area contributed by atoms with Crippen LogP contribution in [-0.2, 0) is 11.8 Å². The molecule has 9 heteroatoms. The smallest absolute Gasteiger partial charge is 0.338 e. The number of ether oxygens (including phenoxy) is 1. The van der Waals surface area contributed by atoms with Gasteiger partial charge in [0, 0.05) is 36.5 Å². The predicted octanol–water partition coefficient (Wildman–Crippen LogP) is 3.01. The van der Waals surface area contributed by atoms with Gasteiger partial charge in [-0.05, 0) is 25.5 Å². The number of hydrogen-bond donors (Lipinski definition) is 2. The van der Waals surface area contributed by atoms with E-state index in [1.807, 2.05) is 26.0 Å². The fourth-order valence-corrected chi connectivity index (χ4v) is 4.57. The van der Waals surface area contributed by atoms with Gasteiger partial charge in [-0.1, -0.05) is 6.07 Å². The van der Waals surface area contributed by atoms with Crippen LogP contribution in [0.4, 0.5) is 11.6 Å². The number of carbonyl (C=O) groups is 1. The number of carboxylic acids is 1. The molecule has 1 aromatic carbocycles. The highest BCUT2D eigenvalue weighted by molar-refractivity contribution is 7.08. The predicted molar refractivity (Wildman–Crippen MR) is 118 cm³/mol. The van der Waals surface area contributed by atoms with Gasteiger partial charge in [-0.25, -0.2) is 9.78 Å². The molecule has 1 fully saturated rings. The normalized spacial score (nSPS) is 15.4. The number of hydrogen-bond acceptors (Lipinski definition) is 7. The van der Waals surface area contributed by atoms with E-state index in [4.69, 9.17) is 9.72 Å². The molecule has 2 aromatic heterocycles. The fraction of sp³-hybridized carbons (Fsp3) is 0.381. The summed E-state index contributed by atoms with van der Waals surface area (Å²) in [6, 6.07) is 3.62. The van der Waals surface area contributed by atoms with Crippen molar-refractivity contribution in [3.63, 3.8) is 0 Å². The first-order chi connectivity index (χ1) is 14.4. The molecule has 158 valence electrons. The van der Waals surface area contributed by atoms with Crippen molar-refractivity contribution in [2.45, 2.75) is 19.9 Å². The number of aromatic nitrogens is 2. The van der Waals surface area contributed by atoms with Gasteiger partial charge in [0.2, 0.25) is 5.95 Å². The number of aryl methyl sites for hydroxylation is 1. The first-order valence-electron chi connectivity index (χ1n) is 9.77. The van der Waals surface area contributed by atoms with Crippen LogP contribution in [0.15, 0.2) is 27.7 Å². The molecule has 0 saturated carbocycles. The number of rotatable bonds is 5. The summed E-state index contributed by atoms with van der Waals surface area (Å²) in [5, 5.41) is 16.6. The minimum Gasteiger partial charge on any atom is -0.478 e. The number of nitrogens with zero attached hydrogens (tertiary/aromatic N) is 3. The zero-order valence-corrected chi connectivity index (χ0v) is 18.0. The monoisotopic (exact) mass is 428 g/mol. The van der Waals surface area contributed by atoms with Crippen molar-refractivity contribution in [1.82, 2.24) is 9.55 Å². The second-order valence-electron chi connectivity index (χ2n) is 7.50. The Labute approximate surface area is 177 Å². The highest BCUT2D eigenvalue weighted by Gasteiger charge is 2.22. The van der Waals surface area contributed by atoms with Crippen LogP contribution in [0.25, 0.3) is 10.9 Å². The van der Waals surface area contributed by atoms with Crippen molar-refractivity contribution >= 4 is 39.8 Å². The Morgan fingerprint density at radius 2 is 2.03 bits per heavy atom. The molecule has 30 heavy (non-hydrogen) atoms. The molecule has 1 saturated heterocycles. The van der Waals surface area contributed by atoms with E-state index in [0.29, 0.717) is 48.8 Å². The number of morpholine rings is 1. The van der Waals surface area contributed by atoms with Gasteiger partial charge in [-0.2, -0.15) is 0 Å². The van der Waals surface area contributed by atoms with Gasteiger partial charge in [-0.15, -0.1) is 11.3 Å². The molecule has 1 aliphatic rings. The van der Waals surface area contributed by atoms with Crippen molar-refractivity contribution in [3.05, 3.63) is 49.9 Å². The third kappa shape index (κ3) is 3.66. The average molecular weight is 429 g/mol. The molecular weight excluding hydrogens is 404 g/mol. The Bertz CT molecular complexity index is 1160. The standard InChI is InChI=1S/C21H24N4O4S/c1-12-8-14(13(2)22-17-11-30-10-16(17)20(27)28)18-15(9-12)19(26)24(3)21(23-18)25-4-6-29-7-5-25/h8-11,13,22H,4-7H2,1-3H3,(H,27,28)/t13-/m0/s1. The van der Waals surface area contributed by atoms with E-state index in [-0.39, 0.29) is 17.2 Å². The summed E-state index contributed by atoms with van der Waals surface area (Å²) >= 11 is 1.33. The van der Waals surface area contributed by atoms with Crippen LogP contribution >= 0.6 is 11.3 Å². The van der Waals surface area contributed by atoms with Crippen LogP contribution in [-0.4, -0.2) is 46.9 Å². The lowest BCUT2D eigenvalue weighted by Gasteiger charge is -2.29. The second-order valence-corrected chi connectivity index (χ2v) is 8.24. The van der Waals surface area contributed by atoms with E-state index < -0.39 is 5.97 Å². The van der Waals surface area contributed by atoms with Crippen LogP contribution in [0.2, 0.25) is 0 Å². The second kappa shape index (κ2) is 8.08. The fourth-order valence-electron chi connectivity index (χ4n) is 3.80. The van der Waals surface area contributed by atoms with E-state index >= 15 is 0 Å². The zero-order valence-electron chi connectivity index (χ0n) is 17.1. The number of carboxylic acid groups (broad SMARTS) is 1. The number of thiophene rings is 1. The average Bonchev–Trinajstić information content (AvgIpc) is 3.19. The van der Waals surface area contributed by atoms with Crippen LogP contribution in [0.3, 0.4) is 0 Å². The van der Waals surface area contributed by atoms with E-state index in [0.717, 1.165) is 11.1 Å². The summed E-state index contributed by atoms with van der Waals surface area (Å²) < 4.78 is 7.03. The SMILES string of the molecule is Cc1cc([C@H](C)Nc2cscc2C(=O)O)c2nc(N3CCOCC3)n(C)c(=O)c2c1. The minimum absolute atomic E-state index is 0.0969. The van der Waals surface area contributed by atoms with Crippen molar-refractivity contribution in [2.75, 3.05) is 36.5 Å². The van der Waals surface area contributed by atoms with Crippen LogP contribution in [0.1, 0.15) is 34.5 Å². The molecule has 3 aromatic rings. The highest BCUT2D eigenvalue weighted by Crippen LogP contribution is 2.30. The van der Waals surface area contributed by atoms with E-state index in [1.165, 1.54) is 11.3 Å². The molecule has 0 unspecified atom stereocenters. The molecule has 1 aliphatic heterocycles. The van der Waals surface area contributed by atoms with Gasteiger partial charge in [0.05, 0.1) is 41.4 Å². The van der Waals surface area contributed by atoms with Crippen molar-refractivity contribution in [3.8, 4) is 0 Å². The molecule has 0 bridgehead atoms. The lowest BCUT2D eigenvalue weighted by atomic mass is 10.0. The topological polar surface area (TPSA) is 96.7 Å². The lowest BCUT2D eigenvalue weighted by molar-refractivity contribution is 0.0698. The Balaban J connectivity index is 1.82. The number of benzene rings is 1. The van der Waals surface area contributed by atoms with Gasteiger partial charge in [-0.3, -0.25) is 9.36 Å². The Morgan fingerprint density at radius 3 is 2.73 bits per heavy atom. The number of anilines is 2. The molecule has 3 heterocycles. The zero-order chi connectivity index (χ0) is 21.4. The first kappa shape index (κ1) is 20.4.